The Morgan fingerprint density at radius 1 is 1.50 bits per heavy atom. The van der Waals surface area contributed by atoms with Crippen molar-refractivity contribution in [3.63, 3.8) is 0 Å². The lowest BCUT2D eigenvalue weighted by molar-refractivity contribution is 0.402. The molecule has 1 saturated heterocycles. The van der Waals surface area contributed by atoms with E-state index in [1.165, 1.54) is 4.31 Å². The molecule has 1 unspecified atom stereocenters. The van der Waals surface area contributed by atoms with Crippen LogP contribution in [0.25, 0.3) is 0 Å². The van der Waals surface area contributed by atoms with Crippen LogP contribution in [-0.2, 0) is 10.2 Å². The molecule has 1 aliphatic rings. The number of hydrogen-bond donors (Lipinski definition) is 2. The molecule has 0 spiro atoms. The average Bonchev–Trinajstić information content (AvgIpc) is 2.19. The maximum absolute atomic E-state index is 11.8. The lowest BCUT2D eigenvalue weighted by atomic mass is 10.1. The van der Waals surface area contributed by atoms with Gasteiger partial charge in [-0.1, -0.05) is 6.92 Å². The van der Waals surface area contributed by atoms with Gasteiger partial charge >= 0.3 is 0 Å². The second-order valence-corrected chi connectivity index (χ2v) is 5.80. The summed E-state index contributed by atoms with van der Waals surface area (Å²) < 4.78 is 27.6. The van der Waals surface area contributed by atoms with E-state index >= 15 is 0 Å². The molecule has 1 heterocycles. The predicted molar refractivity (Wildman–Crippen MR) is 68.1 cm³/mol. The van der Waals surface area contributed by atoms with Gasteiger partial charge in [-0.25, -0.2) is 0 Å². The van der Waals surface area contributed by atoms with Gasteiger partial charge in [0.2, 0.25) is 0 Å². The Bertz CT molecular complexity index is 278. The van der Waals surface area contributed by atoms with Crippen LogP contribution in [0.3, 0.4) is 0 Å². The van der Waals surface area contributed by atoms with E-state index in [0.717, 1.165) is 32.4 Å². The molecule has 1 fully saturated rings. The Morgan fingerprint density at radius 2 is 2.19 bits per heavy atom. The molecule has 0 amide bonds. The SMILES string of the molecule is CCCN(C)S(=O)(=O)NC1CCCNC1.Cl. The first-order valence-corrected chi connectivity index (χ1v) is 6.94. The molecular formula is C9H22ClN3O2S. The third-order valence-corrected chi connectivity index (χ3v) is 4.20. The average molecular weight is 272 g/mol. The second kappa shape index (κ2) is 7.45. The normalized spacial score (nSPS) is 21.8. The number of piperidine rings is 1. The van der Waals surface area contributed by atoms with Crippen LogP contribution >= 0.6 is 12.4 Å². The molecule has 5 nitrogen and oxygen atoms in total. The topological polar surface area (TPSA) is 61.4 Å². The van der Waals surface area contributed by atoms with Gasteiger partial charge in [-0.2, -0.15) is 17.4 Å². The zero-order chi connectivity index (χ0) is 11.3. The van der Waals surface area contributed by atoms with Crippen molar-refractivity contribution >= 4 is 22.6 Å². The summed E-state index contributed by atoms with van der Waals surface area (Å²) in [5.74, 6) is 0. The molecule has 1 rings (SSSR count). The van der Waals surface area contributed by atoms with Gasteiger partial charge in [0.05, 0.1) is 0 Å². The van der Waals surface area contributed by atoms with Gasteiger partial charge in [0.1, 0.15) is 0 Å². The molecule has 98 valence electrons. The van der Waals surface area contributed by atoms with E-state index in [-0.39, 0.29) is 18.4 Å². The molecule has 0 bridgehead atoms. The fourth-order valence-corrected chi connectivity index (χ4v) is 2.91. The van der Waals surface area contributed by atoms with Gasteiger partial charge < -0.3 is 5.32 Å². The summed E-state index contributed by atoms with van der Waals surface area (Å²) in [5.41, 5.74) is 0. The zero-order valence-corrected chi connectivity index (χ0v) is 11.5. The van der Waals surface area contributed by atoms with E-state index < -0.39 is 10.2 Å². The fraction of sp³-hybridized carbons (Fsp3) is 1.00. The highest BCUT2D eigenvalue weighted by atomic mass is 35.5. The second-order valence-electron chi connectivity index (χ2n) is 3.99. The van der Waals surface area contributed by atoms with Gasteiger partial charge in [0.25, 0.3) is 10.2 Å². The van der Waals surface area contributed by atoms with Gasteiger partial charge in [-0.3, -0.25) is 0 Å². The quantitative estimate of drug-likeness (QED) is 0.758. The Labute approximate surface area is 105 Å². The van der Waals surface area contributed by atoms with Crippen LogP contribution in [0, 0.1) is 0 Å². The lowest BCUT2D eigenvalue weighted by Crippen LogP contribution is -2.49. The van der Waals surface area contributed by atoms with Crippen molar-refractivity contribution < 1.29 is 8.42 Å². The summed E-state index contributed by atoms with van der Waals surface area (Å²) in [6, 6.07) is 0.0445. The molecule has 16 heavy (non-hydrogen) atoms. The smallest absolute Gasteiger partial charge is 0.279 e. The summed E-state index contributed by atoms with van der Waals surface area (Å²) in [4.78, 5) is 0. The van der Waals surface area contributed by atoms with Crippen LogP contribution in [-0.4, -0.2) is 45.4 Å². The molecular weight excluding hydrogens is 250 g/mol. The molecule has 0 aromatic carbocycles. The largest absolute Gasteiger partial charge is 0.315 e. The Morgan fingerprint density at radius 3 is 2.69 bits per heavy atom. The van der Waals surface area contributed by atoms with Crippen LogP contribution < -0.4 is 10.0 Å². The minimum absolute atomic E-state index is 0. The first-order valence-electron chi connectivity index (χ1n) is 5.50. The van der Waals surface area contributed by atoms with E-state index in [4.69, 9.17) is 0 Å². The summed E-state index contributed by atoms with van der Waals surface area (Å²) in [6.07, 6.45) is 2.79. The van der Waals surface area contributed by atoms with Crippen LogP contribution in [0.2, 0.25) is 0 Å². The third kappa shape index (κ3) is 4.97. The summed E-state index contributed by atoms with van der Waals surface area (Å²) >= 11 is 0. The van der Waals surface area contributed by atoms with Gasteiger partial charge in [0, 0.05) is 26.2 Å². The van der Waals surface area contributed by atoms with Gasteiger partial charge in [0.15, 0.2) is 0 Å². The highest BCUT2D eigenvalue weighted by Crippen LogP contribution is 2.05. The highest BCUT2D eigenvalue weighted by Gasteiger charge is 2.22. The van der Waals surface area contributed by atoms with Crippen molar-refractivity contribution in [3.05, 3.63) is 0 Å². The Kier molecular flexibility index (Phi) is 7.50. The minimum atomic E-state index is -3.28. The summed E-state index contributed by atoms with van der Waals surface area (Å²) in [5, 5.41) is 3.18. The first-order chi connectivity index (χ1) is 7.06. The van der Waals surface area contributed by atoms with Crippen molar-refractivity contribution in [2.75, 3.05) is 26.7 Å². The lowest BCUT2D eigenvalue weighted by Gasteiger charge is -2.26. The van der Waals surface area contributed by atoms with E-state index in [2.05, 4.69) is 10.0 Å². The van der Waals surface area contributed by atoms with Crippen molar-refractivity contribution in [1.29, 1.82) is 0 Å². The van der Waals surface area contributed by atoms with Crippen molar-refractivity contribution in [1.82, 2.24) is 14.3 Å². The van der Waals surface area contributed by atoms with E-state index in [1.54, 1.807) is 7.05 Å². The Balaban J connectivity index is 0.00000225. The van der Waals surface area contributed by atoms with Crippen molar-refractivity contribution in [2.24, 2.45) is 0 Å². The molecule has 7 heteroatoms. The van der Waals surface area contributed by atoms with Gasteiger partial charge in [-0.05, 0) is 25.8 Å². The Hall–Kier alpha value is 0.120. The first kappa shape index (κ1) is 16.1. The highest BCUT2D eigenvalue weighted by molar-refractivity contribution is 7.87. The third-order valence-electron chi connectivity index (χ3n) is 2.56. The van der Waals surface area contributed by atoms with Crippen molar-refractivity contribution in [2.45, 2.75) is 32.2 Å². The van der Waals surface area contributed by atoms with Crippen LogP contribution in [0.5, 0.6) is 0 Å². The predicted octanol–water partition coefficient (Wildman–Crippen LogP) is 0.336. The summed E-state index contributed by atoms with van der Waals surface area (Å²) in [7, 11) is -1.67. The molecule has 0 aromatic rings. The van der Waals surface area contributed by atoms with Crippen LogP contribution in [0.4, 0.5) is 0 Å². The molecule has 1 atom stereocenters. The van der Waals surface area contributed by atoms with E-state index in [1.807, 2.05) is 6.92 Å². The standard InChI is InChI=1S/C9H21N3O2S.ClH/c1-3-7-12(2)15(13,14)11-9-5-4-6-10-8-9;/h9-11H,3-8H2,1-2H3;1H. The number of hydrogen-bond acceptors (Lipinski definition) is 3. The number of nitrogens with zero attached hydrogens (tertiary/aromatic N) is 1. The minimum Gasteiger partial charge on any atom is -0.315 e. The van der Waals surface area contributed by atoms with Gasteiger partial charge in [-0.15, -0.1) is 12.4 Å². The van der Waals surface area contributed by atoms with E-state index in [9.17, 15) is 8.42 Å². The maximum Gasteiger partial charge on any atom is 0.279 e. The van der Waals surface area contributed by atoms with Crippen LogP contribution in [0.15, 0.2) is 0 Å². The molecule has 0 saturated carbocycles. The molecule has 0 aliphatic carbocycles. The molecule has 0 aromatic heterocycles. The number of nitrogens with one attached hydrogen (secondary N) is 2. The van der Waals surface area contributed by atoms with E-state index in [0.29, 0.717) is 6.54 Å². The zero-order valence-electron chi connectivity index (χ0n) is 9.90. The molecule has 0 radical (unpaired) electrons. The monoisotopic (exact) mass is 271 g/mol. The van der Waals surface area contributed by atoms with Crippen molar-refractivity contribution in [3.8, 4) is 0 Å². The number of rotatable bonds is 5. The molecule has 1 aliphatic heterocycles. The summed E-state index contributed by atoms with van der Waals surface area (Å²) in [6.45, 7) is 4.26. The number of halogens is 1. The fourth-order valence-electron chi connectivity index (χ4n) is 1.69. The van der Waals surface area contributed by atoms with Crippen LogP contribution in [0.1, 0.15) is 26.2 Å². The maximum atomic E-state index is 11.8. The molecule has 2 N–H and O–H groups in total.